The third kappa shape index (κ3) is 3.22. The van der Waals surface area contributed by atoms with Crippen LogP contribution < -0.4 is 4.74 Å². The topological polar surface area (TPSA) is 33.0 Å². The quantitative estimate of drug-likeness (QED) is 0.680. The summed E-state index contributed by atoms with van der Waals surface area (Å²) in [6.45, 7) is 0. The highest BCUT2D eigenvalue weighted by molar-refractivity contribution is 14.1. The van der Waals surface area contributed by atoms with Crippen LogP contribution >= 0.6 is 22.6 Å². The Kier molecular flexibility index (Phi) is 4.18. The lowest BCUT2D eigenvalue weighted by molar-refractivity contribution is -0.137. The van der Waals surface area contributed by atoms with Crippen molar-refractivity contribution in [3.8, 4) is 17.6 Å². The summed E-state index contributed by atoms with van der Waals surface area (Å²) in [6.07, 6.45) is -4.48. The van der Waals surface area contributed by atoms with E-state index in [-0.39, 0.29) is 11.3 Å². The number of ether oxygens (including phenoxy) is 1. The van der Waals surface area contributed by atoms with Gasteiger partial charge in [-0.3, -0.25) is 0 Å². The maximum atomic E-state index is 12.6. The predicted molar refractivity (Wildman–Crippen MR) is 75.4 cm³/mol. The summed E-state index contributed by atoms with van der Waals surface area (Å²) >= 11 is 2.04. The van der Waals surface area contributed by atoms with E-state index >= 15 is 0 Å². The lowest BCUT2D eigenvalue weighted by Gasteiger charge is -2.11. The van der Waals surface area contributed by atoms with Crippen LogP contribution in [0.1, 0.15) is 11.1 Å². The van der Waals surface area contributed by atoms with Crippen molar-refractivity contribution in [3.63, 3.8) is 0 Å². The largest absolute Gasteiger partial charge is 0.455 e. The summed E-state index contributed by atoms with van der Waals surface area (Å²) in [5, 5.41) is 8.96. The molecule has 0 radical (unpaired) electrons. The first kappa shape index (κ1) is 14.7. The lowest BCUT2D eigenvalue weighted by Crippen LogP contribution is -2.05. The van der Waals surface area contributed by atoms with Crippen LogP contribution in [0.3, 0.4) is 0 Å². The van der Waals surface area contributed by atoms with Crippen LogP contribution in [-0.4, -0.2) is 0 Å². The molecular formula is C14H7F3INO. The van der Waals surface area contributed by atoms with E-state index in [4.69, 9.17) is 10.00 Å². The zero-order valence-corrected chi connectivity index (χ0v) is 12.1. The third-order valence-electron chi connectivity index (χ3n) is 2.48. The molecule has 0 amide bonds. The molecule has 0 heterocycles. The number of hydrogen-bond acceptors (Lipinski definition) is 2. The van der Waals surface area contributed by atoms with Crippen molar-refractivity contribution < 1.29 is 17.9 Å². The Morgan fingerprint density at radius 2 is 1.75 bits per heavy atom. The van der Waals surface area contributed by atoms with Crippen molar-refractivity contribution in [2.24, 2.45) is 0 Å². The van der Waals surface area contributed by atoms with Gasteiger partial charge in [-0.25, -0.2) is 0 Å². The van der Waals surface area contributed by atoms with Crippen LogP contribution in [0.25, 0.3) is 0 Å². The van der Waals surface area contributed by atoms with Crippen LogP contribution in [0.5, 0.6) is 11.5 Å². The second-order valence-corrected chi connectivity index (χ2v) is 5.02. The van der Waals surface area contributed by atoms with Gasteiger partial charge in [0.1, 0.15) is 17.6 Å². The van der Waals surface area contributed by atoms with E-state index in [1.807, 2.05) is 28.7 Å². The Labute approximate surface area is 126 Å². The number of nitrogens with zero attached hydrogens (tertiary/aromatic N) is 1. The van der Waals surface area contributed by atoms with Crippen LogP contribution in [0.2, 0.25) is 0 Å². The van der Waals surface area contributed by atoms with E-state index in [0.717, 1.165) is 21.8 Å². The van der Waals surface area contributed by atoms with Crippen molar-refractivity contribution >= 4 is 22.6 Å². The lowest BCUT2D eigenvalue weighted by atomic mass is 10.1. The average molecular weight is 389 g/mol. The number of para-hydroxylation sites is 1. The van der Waals surface area contributed by atoms with E-state index in [1.165, 1.54) is 0 Å². The molecule has 0 aliphatic rings. The summed E-state index contributed by atoms with van der Waals surface area (Å²) in [5.74, 6) is 0.592. The molecule has 0 saturated heterocycles. The molecule has 2 rings (SSSR count). The molecule has 2 nitrogen and oxygen atoms in total. The van der Waals surface area contributed by atoms with Gasteiger partial charge in [-0.05, 0) is 52.9 Å². The molecule has 0 aromatic heterocycles. The smallest absolute Gasteiger partial charge is 0.416 e. The van der Waals surface area contributed by atoms with E-state index in [9.17, 15) is 13.2 Å². The Hall–Kier alpha value is -1.75. The Morgan fingerprint density at radius 1 is 1.05 bits per heavy atom. The Bertz CT molecular complexity index is 677. The van der Waals surface area contributed by atoms with Gasteiger partial charge < -0.3 is 4.74 Å². The zero-order valence-electron chi connectivity index (χ0n) is 9.91. The summed E-state index contributed by atoms with van der Waals surface area (Å²) in [4.78, 5) is 0. The second-order valence-electron chi connectivity index (χ2n) is 3.85. The monoisotopic (exact) mass is 389 g/mol. The normalized spacial score (nSPS) is 10.9. The van der Waals surface area contributed by atoms with E-state index in [2.05, 4.69) is 0 Å². The number of rotatable bonds is 2. The standard InChI is InChI=1S/C14H7F3INO/c15-14(16,17)10-5-6-12(9(7-10)8-19)20-13-4-2-1-3-11(13)18/h1-7H. The maximum absolute atomic E-state index is 12.6. The first-order valence-electron chi connectivity index (χ1n) is 5.45. The van der Waals surface area contributed by atoms with Crippen molar-refractivity contribution in [3.05, 3.63) is 57.2 Å². The fraction of sp³-hybridized carbons (Fsp3) is 0.0714. The van der Waals surface area contributed by atoms with Gasteiger partial charge in [0.25, 0.3) is 0 Å². The molecular weight excluding hydrogens is 382 g/mol. The van der Waals surface area contributed by atoms with Gasteiger partial charge in [-0.15, -0.1) is 0 Å². The van der Waals surface area contributed by atoms with Crippen molar-refractivity contribution in [2.45, 2.75) is 6.18 Å². The highest BCUT2D eigenvalue weighted by atomic mass is 127. The number of hydrogen-bond donors (Lipinski definition) is 0. The molecule has 0 bridgehead atoms. The first-order chi connectivity index (χ1) is 9.41. The van der Waals surface area contributed by atoms with Gasteiger partial charge in [0.2, 0.25) is 0 Å². The molecule has 0 atom stereocenters. The SMILES string of the molecule is N#Cc1cc(C(F)(F)F)ccc1Oc1ccccc1I. The molecule has 2 aromatic carbocycles. The molecule has 0 fully saturated rings. The van der Waals surface area contributed by atoms with E-state index in [1.54, 1.807) is 24.3 Å². The molecule has 0 spiro atoms. The van der Waals surface area contributed by atoms with E-state index in [0.29, 0.717) is 5.75 Å². The van der Waals surface area contributed by atoms with Gasteiger partial charge in [0.05, 0.1) is 14.7 Å². The first-order valence-corrected chi connectivity index (χ1v) is 6.53. The maximum Gasteiger partial charge on any atom is 0.416 e. The molecule has 0 saturated carbocycles. The molecule has 102 valence electrons. The second kappa shape index (κ2) is 5.71. The van der Waals surface area contributed by atoms with Crippen molar-refractivity contribution in [1.82, 2.24) is 0 Å². The number of nitriles is 1. The van der Waals surface area contributed by atoms with Crippen LogP contribution in [0.15, 0.2) is 42.5 Å². The Balaban J connectivity index is 2.39. The predicted octanol–water partition coefficient (Wildman–Crippen LogP) is 4.97. The summed E-state index contributed by atoms with van der Waals surface area (Å²) in [6, 6.07) is 11.6. The van der Waals surface area contributed by atoms with Gasteiger partial charge >= 0.3 is 6.18 Å². The molecule has 0 N–H and O–H groups in total. The minimum Gasteiger partial charge on any atom is -0.455 e. The molecule has 6 heteroatoms. The number of halogens is 4. The fourth-order valence-electron chi connectivity index (χ4n) is 1.53. The fourth-order valence-corrected chi connectivity index (χ4v) is 2.03. The Morgan fingerprint density at radius 3 is 2.35 bits per heavy atom. The number of benzene rings is 2. The highest BCUT2D eigenvalue weighted by Crippen LogP contribution is 2.34. The average Bonchev–Trinajstić information content (AvgIpc) is 2.40. The summed E-state index contributed by atoms with van der Waals surface area (Å²) < 4.78 is 44.0. The minimum absolute atomic E-state index is 0.101. The molecule has 0 aliphatic heterocycles. The number of alkyl halides is 3. The van der Waals surface area contributed by atoms with Gasteiger partial charge in [0, 0.05) is 0 Å². The van der Waals surface area contributed by atoms with Crippen LogP contribution in [0.4, 0.5) is 13.2 Å². The molecule has 0 aliphatic carbocycles. The third-order valence-corrected chi connectivity index (χ3v) is 3.38. The highest BCUT2D eigenvalue weighted by Gasteiger charge is 2.31. The zero-order chi connectivity index (χ0) is 14.8. The minimum atomic E-state index is -4.48. The van der Waals surface area contributed by atoms with Gasteiger partial charge in [-0.1, -0.05) is 12.1 Å². The van der Waals surface area contributed by atoms with Gasteiger partial charge in [-0.2, -0.15) is 18.4 Å². The summed E-state index contributed by atoms with van der Waals surface area (Å²) in [7, 11) is 0. The van der Waals surface area contributed by atoms with Crippen LogP contribution in [-0.2, 0) is 6.18 Å². The molecule has 0 unspecified atom stereocenters. The van der Waals surface area contributed by atoms with Gasteiger partial charge in [0.15, 0.2) is 0 Å². The molecule has 20 heavy (non-hydrogen) atoms. The van der Waals surface area contributed by atoms with E-state index < -0.39 is 11.7 Å². The summed E-state index contributed by atoms with van der Waals surface area (Å²) in [5.41, 5.74) is -1.02. The van der Waals surface area contributed by atoms with Crippen LogP contribution in [0, 0.1) is 14.9 Å². The molecule has 2 aromatic rings. The van der Waals surface area contributed by atoms with Crippen molar-refractivity contribution in [2.75, 3.05) is 0 Å². The van der Waals surface area contributed by atoms with Crippen molar-refractivity contribution in [1.29, 1.82) is 5.26 Å².